The zero-order chi connectivity index (χ0) is 25.7. The molecule has 0 bridgehead atoms. The number of amides is 1. The van der Waals surface area contributed by atoms with Crippen molar-refractivity contribution in [3.8, 4) is 23.0 Å². The number of hydrogen-bond acceptors (Lipinski definition) is 9. The smallest absolute Gasteiger partial charge is 0.301 e. The summed E-state index contributed by atoms with van der Waals surface area (Å²) in [7, 11) is 1.56. The Morgan fingerprint density at radius 2 is 1.86 bits per heavy atom. The van der Waals surface area contributed by atoms with Gasteiger partial charge in [-0.1, -0.05) is 23.5 Å². The van der Waals surface area contributed by atoms with Crippen LogP contribution in [0.1, 0.15) is 17.2 Å². The monoisotopic (exact) mass is 516 g/mol. The lowest BCUT2D eigenvalue weighted by Gasteiger charge is -2.23. The molecule has 1 unspecified atom stereocenters. The predicted molar refractivity (Wildman–Crippen MR) is 136 cm³/mol. The number of fused-ring (bicyclic) bond motifs is 2. The molecule has 10 heteroatoms. The lowest BCUT2D eigenvalue weighted by molar-refractivity contribution is -0.132. The second kappa shape index (κ2) is 8.82. The van der Waals surface area contributed by atoms with E-state index in [0.717, 1.165) is 4.70 Å². The van der Waals surface area contributed by atoms with E-state index in [1.165, 1.54) is 28.4 Å². The number of ketones is 1. The molecule has 2 aliphatic rings. The molecule has 9 nitrogen and oxygen atoms in total. The zero-order valence-corrected chi connectivity index (χ0v) is 20.3. The van der Waals surface area contributed by atoms with Crippen molar-refractivity contribution in [2.24, 2.45) is 0 Å². The van der Waals surface area contributed by atoms with Crippen LogP contribution in [0.25, 0.3) is 16.0 Å². The van der Waals surface area contributed by atoms with Gasteiger partial charge in [-0.2, -0.15) is 0 Å². The molecular weight excluding hydrogens is 496 g/mol. The van der Waals surface area contributed by atoms with Gasteiger partial charge in [0.1, 0.15) is 30.5 Å². The summed E-state index contributed by atoms with van der Waals surface area (Å²) in [6.45, 7) is 0.766. The van der Waals surface area contributed by atoms with Gasteiger partial charge in [0.15, 0.2) is 16.6 Å². The number of hydrogen-bond donors (Lipinski definition) is 2. The molecule has 37 heavy (non-hydrogen) atoms. The van der Waals surface area contributed by atoms with Crippen molar-refractivity contribution in [2.45, 2.75) is 6.04 Å². The van der Waals surface area contributed by atoms with Crippen molar-refractivity contribution in [1.82, 2.24) is 4.98 Å². The molecule has 0 radical (unpaired) electrons. The lowest BCUT2D eigenvalue weighted by atomic mass is 9.95. The largest absolute Gasteiger partial charge is 0.508 e. The number of aliphatic hydroxyl groups is 1. The fraction of sp³-hybridized carbons (Fsp3) is 0.148. The molecule has 0 aliphatic carbocycles. The summed E-state index contributed by atoms with van der Waals surface area (Å²) >= 11 is 1.22. The van der Waals surface area contributed by atoms with Crippen LogP contribution in [0.5, 0.6) is 23.0 Å². The Morgan fingerprint density at radius 3 is 2.65 bits per heavy atom. The van der Waals surface area contributed by atoms with E-state index in [0.29, 0.717) is 47.1 Å². The van der Waals surface area contributed by atoms with E-state index in [1.807, 2.05) is 0 Å². The van der Waals surface area contributed by atoms with Crippen LogP contribution >= 0.6 is 11.3 Å². The number of aromatic nitrogens is 1. The molecule has 186 valence electrons. The maximum absolute atomic E-state index is 13.4. The number of aromatic hydroxyl groups is 1. The predicted octanol–water partition coefficient (Wildman–Crippen LogP) is 4.41. The Labute approximate surface area is 214 Å². The molecule has 1 saturated heterocycles. The van der Waals surface area contributed by atoms with Crippen molar-refractivity contribution in [3.63, 3.8) is 0 Å². The van der Waals surface area contributed by atoms with Gasteiger partial charge in [-0.05, 0) is 54.1 Å². The first-order valence-corrected chi connectivity index (χ1v) is 12.2. The van der Waals surface area contributed by atoms with Crippen LogP contribution in [0.2, 0.25) is 0 Å². The van der Waals surface area contributed by atoms with Gasteiger partial charge in [0.2, 0.25) is 0 Å². The van der Waals surface area contributed by atoms with E-state index in [4.69, 9.17) is 14.2 Å². The summed E-state index contributed by atoms with van der Waals surface area (Å²) in [5.41, 5.74) is 1.24. The minimum atomic E-state index is -1.03. The molecule has 2 aliphatic heterocycles. The number of aliphatic hydroxyl groups excluding tert-OH is 1. The third-order valence-corrected chi connectivity index (χ3v) is 7.25. The van der Waals surface area contributed by atoms with Crippen molar-refractivity contribution in [3.05, 3.63) is 77.4 Å². The van der Waals surface area contributed by atoms with Crippen LogP contribution < -0.4 is 19.1 Å². The van der Waals surface area contributed by atoms with Crippen LogP contribution in [-0.2, 0) is 9.59 Å². The number of carbonyl (C=O) groups excluding carboxylic acids is 2. The Hall–Kier alpha value is -4.57. The number of nitrogens with zero attached hydrogens (tertiary/aromatic N) is 2. The summed E-state index contributed by atoms with van der Waals surface area (Å²) < 4.78 is 17.2. The van der Waals surface area contributed by atoms with Crippen LogP contribution in [-0.4, -0.2) is 47.2 Å². The standard InChI is InChI=1S/C27H20N2O7S/c1-34-17-6-7-18-21(13-17)37-27(28-18)29-23(14-3-2-4-16(30)11-14)22(25(32)26(29)33)24(31)15-5-8-19-20(12-15)36-10-9-35-19/h2-8,11-13,23,30-31H,9-10H2,1H3. The van der Waals surface area contributed by atoms with Gasteiger partial charge in [-0.15, -0.1) is 0 Å². The molecule has 1 fully saturated rings. The number of phenolic OH excluding ortho intramolecular Hbond substituents is 1. The summed E-state index contributed by atoms with van der Waals surface area (Å²) in [5, 5.41) is 21.8. The highest BCUT2D eigenvalue weighted by molar-refractivity contribution is 7.22. The third-order valence-electron chi connectivity index (χ3n) is 6.24. The molecule has 1 atom stereocenters. The highest BCUT2D eigenvalue weighted by Gasteiger charge is 2.48. The second-order valence-corrected chi connectivity index (χ2v) is 9.46. The minimum Gasteiger partial charge on any atom is -0.508 e. The average Bonchev–Trinajstić information content (AvgIpc) is 3.45. The number of benzene rings is 3. The van der Waals surface area contributed by atoms with Crippen molar-refractivity contribution >= 4 is 44.1 Å². The van der Waals surface area contributed by atoms with E-state index in [-0.39, 0.29) is 22.2 Å². The van der Waals surface area contributed by atoms with Crippen LogP contribution in [0.4, 0.5) is 5.13 Å². The van der Waals surface area contributed by atoms with Crippen molar-refractivity contribution in [1.29, 1.82) is 0 Å². The van der Waals surface area contributed by atoms with Gasteiger partial charge >= 0.3 is 5.91 Å². The maximum atomic E-state index is 13.4. The van der Waals surface area contributed by atoms with E-state index in [1.54, 1.807) is 55.6 Å². The summed E-state index contributed by atoms with van der Waals surface area (Å²) in [4.78, 5) is 32.7. The van der Waals surface area contributed by atoms with E-state index < -0.39 is 17.7 Å². The van der Waals surface area contributed by atoms with Gasteiger partial charge in [-0.25, -0.2) is 4.98 Å². The number of Topliss-reactive ketones (excluding diaryl/α,β-unsaturated/α-hetero) is 1. The summed E-state index contributed by atoms with van der Waals surface area (Å²) in [6.07, 6.45) is 0. The summed E-state index contributed by atoms with van der Waals surface area (Å²) in [6, 6.07) is 15.3. The average molecular weight is 517 g/mol. The number of rotatable bonds is 4. The van der Waals surface area contributed by atoms with E-state index in [9.17, 15) is 19.8 Å². The minimum absolute atomic E-state index is 0.0450. The first-order valence-electron chi connectivity index (χ1n) is 11.4. The maximum Gasteiger partial charge on any atom is 0.301 e. The molecule has 4 aromatic rings. The van der Waals surface area contributed by atoms with Gasteiger partial charge in [-0.3, -0.25) is 14.5 Å². The van der Waals surface area contributed by atoms with Crippen molar-refractivity contribution in [2.75, 3.05) is 25.2 Å². The number of ether oxygens (including phenoxy) is 3. The zero-order valence-electron chi connectivity index (χ0n) is 19.5. The lowest BCUT2D eigenvalue weighted by Crippen LogP contribution is -2.29. The molecule has 3 heterocycles. The first kappa shape index (κ1) is 22.9. The number of carbonyl (C=O) groups is 2. The number of thiazole rings is 1. The molecule has 0 saturated carbocycles. The van der Waals surface area contributed by atoms with Crippen molar-refractivity contribution < 1.29 is 34.0 Å². The molecule has 2 N–H and O–H groups in total. The van der Waals surface area contributed by atoms with Gasteiger partial charge in [0.05, 0.1) is 28.9 Å². The molecule has 1 amide bonds. The van der Waals surface area contributed by atoms with Crippen LogP contribution in [0.3, 0.4) is 0 Å². The number of methoxy groups -OCH3 is 1. The highest BCUT2D eigenvalue weighted by atomic mass is 32.1. The molecule has 1 aromatic heterocycles. The second-order valence-electron chi connectivity index (χ2n) is 8.45. The van der Waals surface area contributed by atoms with E-state index >= 15 is 0 Å². The van der Waals surface area contributed by atoms with Gasteiger partial charge in [0.25, 0.3) is 5.78 Å². The highest BCUT2D eigenvalue weighted by Crippen LogP contribution is 2.45. The Kier molecular flexibility index (Phi) is 5.45. The summed E-state index contributed by atoms with van der Waals surface area (Å²) in [5.74, 6) is -0.523. The molecule has 6 rings (SSSR count). The fourth-order valence-electron chi connectivity index (χ4n) is 4.51. The van der Waals surface area contributed by atoms with Crippen LogP contribution in [0, 0.1) is 0 Å². The Morgan fingerprint density at radius 1 is 1.05 bits per heavy atom. The molecular formula is C27H20N2O7S. The number of phenols is 1. The fourth-order valence-corrected chi connectivity index (χ4v) is 5.53. The third kappa shape index (κ3) is 3.82. The molecule has 3 aromatic carbocycles. The quantitative estimate of drug-likeness (QED) is 0.233. The van der Waals surface area contributed by atoms with E-state index in [2.05, 4.69) is 4.98 Å². The topological polar surface area (TPSA) is 118 Å². The normalized spacial score (nSPS) is 18.4. The van der Waals surface area contributed by atoms with Gasteiger partial charge in [0, 0.05) is 5.56 Å². The number of anilines is 1. The van der Waals surface area contributed by atoms with Gasteiger partial charge < -0.3 is 24.4 Å². The Bertz CT molecular complexity index is 1610. The molecule has 0 spiro atoms. The van der Waals surface area contributed by atoms with Crippen LogP contribution in [0.15, 0.2) is 66.2 Å². The Balaban J connectivity index is 1.53. The first-order chi connectivity index (χ1) is 17.9. The SMILES string of the molecule is COc1ccc2nc(N3C(=O)C(=O)C(=C(O)c4ccc5c(c4)OCCO5)C3c3cccc(O)c3)sc2c1.